The number of hydrogen-bond acceptors (Lipinski definition) is 4. The SMILES string of the molecule is CCCNC(=O)c1ccccc1NC(=O)[C@H](C)N(c1ccc(F)cc1)S(C)(=O)=O. The number of nitrogens with one attached hydrogen (secondary N) is 2. The average molecular weight is 421 g/mol. The van der Waals surface area contributed by atoms with E-state index < -0.39 is 27.8 Å². The molecule has 0 saturated carbocycles. The lowest BCUT2D eigenvalue weighted by Crippen LogP contribution is -2.45. The van der Waals surface area contributed by atoms with Crippen LogP contribution in [0.3, 0.4) is 0 Å². The molecule has 0 aromatic heterocycles. The van der Waals surface area contributed by atoms with Crippen LogP contribution >= 0.6 is 0 Å². The Hall–Kier alpha value is -2.94. The quantitative estimate of drug-likeness (QED) is 0.685. The van der Waals surface area contributed by atoms with Crippen molar-refractivity contribution in [2.24, 2.45) is 0 Å². The Labute approximate surface area is 170 Å². The van der Waals surface area contributed by atoms with Crippen LogP contribution < -0.4 is 14.9 Å². The number of amides is 2. The van der Waals surface area contributed by atoms with E-state index in [0.29, 0.717) is 6.54 Å². The highest BCUT2D eigenvalue weighted by molar-refractivity contribution is 7.92. The summed E-state index contributed by atoms with van der Waals surface area (Å²) in [6, 6.07) is 10.1. The molecule has 156 valence electrons. The Bertz CT molecular complexity index is 977. The average Bonchev–Trinajstić information content (AvgIpc) is 2.67. The van der Waals surface area contributed by atoms with Crippen LogP contribution in [0.1, 0.15) is 30.6 Å². The number of hydrogen-bond donors (Lipinski definition) is 2. The van der Waals surface area contributed by atoms with Gasteiger partial charge in [-0.15, -0.1) is 0 Å². The molecule has 0 spiro atoms. The zero-order valence-electron chi connectivity index (χ0n) is 16.5. The second-order valence-corrected chi connectivity index (χ2v) is 8.36. The van der Waals surface area contributed by atoms with Gasteiger partial charge in [0.1, 0.15) is 11.9 Å². The van der Waals surface area contributed by atoms with Gasteiger partial charge in [-0.1, -0.05) is 19.1 Å². The lowest BCUT2D eigenvalue weighted by Gasteiger charge is -2.28. The van der Waals surface area contributed by atoms with Crippen molar-refractivity contribution in [3.05, 3.63) is 59.9 Å². The van der Waals surface area contributed by atoms with Gasteiger partial charge < -0.3 is 10.6 Å². The van der Waals surface area contributed by atoms with E-state index in [1.807, 2.05) is 6.92 Å². The van der Waals surface area contributed by atoms with Crippen molar-refractivity contribution < 1.29 is 22.4 Å². The molecule has 9 heteroatoms. The maximum Gasteiger partial charge on any atom is 0.253 e. The first-order chi connectivity index (χ1) is 13.6. The zero-order valence-corrected chi connectivity index (χ0v) is 17.3. The number of halogens is 1. The van der Waals surface area contributed by atoms with Crippen LogP contribution in [-0.4, -0.2) is 39.1 Å². The summed E-state index contributed by atoms with van der Waals surface area (Å²) in [7, 11) is -3.84. The highest BCUT2D eigenvalue weighted by Crippen LogP contribution is 2.23. The second kappa shape index (κ2) is 9.51. The van der Waals surface area contributed by atoms with Gasteiger partial charge in [-0.3, -0.25) is 13.9 Å². The molecular weight excluding hydrogens is 397 g/mol. The van der Waals surface area contributed by atoms with E-state index in [1.165, 1.54) is 19.1 Å². The molecule has 0 fully saturated rings. The van der Waals surface area contributed by atoms with Gasteiger partial charge in [-0.25, -0.2) is 12.8 Å². The number of para-hydroxylation sites is 1. The summed E-state index contributed by atoms with van der Waals surface area (Å²) in [6.07, 6.45) is 1.73. The Balaban J connectivity index is 2.29. The second-order valence-electron chi connectivity index (χ2n) is 6.50. The van der Waals surface area contributed by atoms with Crippen molar-refractivity contribution in [3.63, 3.8) is 0 Å². The summed E-state index contributed by atoms with van der Waals surface area (Å²) < 4.78 is 38.7. The molecule has 0 heterocycles. The largest absolute Gasteiger partial charge is 0.352 e. The third-order valence-corrected chi connectivity index (χ3v) is 5.38. The monoisotopic (exact) mass is 421 g/mol. The molecule has 1 atom stereocenters. The van der Waals surface area contributed by atoms with Crippen molar-refractivity contribution in [3.8, 4) is 0 Å². The van der Waals surface area contributed by atoms with Crippen LogP contribution in [0.2, 0.25) is 0 Å². The molecule has 7 nitrogen and oxygen atoms in total. The topological polar surface area (TPSA) is 95.6 Å². The molecule has 0 aliphatic carbocycles. The normalized spacial score (nSPS) is 12.1. The molecule has 0 bridgehead atoms. The summed E-state index contributed by atoms with van der Waals surface area (Å²) in [6.45, 7) is 3.83. The first-order valence-electron chi connectivity index (χ1n) is 9.08. The van der Waals surface area contributed by atoms with Crippen molar-refractivity contribution in [1.29, 1.82) is 0 Å². The summed E-state index contributed by atoms with van der Waals surface area (Å²) in [5.74, 6) is -1.49. The molecule has 0 radical (unpaired) electrons. The fourth-order valence-corrected chi connectivity index (χ4v) is 3.93. The molecule has 29 heavy (non-hydrogen) atoms. The standard InChI is InChI=1S/C20H24FN3O4S/c1-4-13-22-20(26)17-7-5-6-8-18(17)23-19(25)14(2)24(29(3,27)28)16-11-9-15(21)10-12-16/h5-12,14H,4,13H2,1-3H3,(H,22,26)(H,23,25)/t14-/m0/s1. The van der Waals surface area contributed by atoms with Crippen molar-refractivity contribution in [2.75, 3.05) is 22.4 Å². The number of carbonyl (C=O) groups is 2. The van der Waals surface area contributed by atoms with E-state index >= 15 is 0 Å². The maximum absolute atomic E-state index is 13.2. The number of carbonyl (C=O) groups excluding carboxylic acids is 2. The minimum absolute atomic E-state index is 0.158. The van der Waals surface area contributed by atoms with Crippen LogP contribution in [0.5, 0.6) is 0 Å². The smallest absolute Gasteiger partial charge is 0.253 e. The number of rotatable bonds is 8. The Morgan fingerprint density at radius 3 is 2.31 bits per heavy atom. The molecule has 2 aromatic carbocycles. The first-order valence-corrected chi connectivity index (χ1v) is 10.9. The highest BCUT2D eigenvalue weighted by atomic mass is 32.2. The summed E-state index contributed by atoms with van der Waals surface area (Å²) in [5, 5.41) is 5.36. The number of benzene rings is 2. The Morgan fingerprint density at radius 1 is 1.10 bits per heavy atom. The molecule has 0 saturated heterocycles. The van der Waals surface area contributed by atoms with Crippen LogP contribution in [0.25, 0.3) is 0 Å². The van der Waals surface area contributed by atoms with Crippen LogP contribution in [0.4, 0.5) is 15.8 Å². The molecule has 2 aromatic rings. The number of anilines is 2. The lowest BCUT2D eigenvalue weighted by atomic mass is 10.1. The van der Waals surface area contributed by atoms with Gasteiger partial charge in [0.25, 0.3) is 5.91 Å². The Kier molecular flexibility index (Phi) is 7.33. The Morgan fingerprint density at radius 2 is 1.72 bits per heavy atom. The molecular formula is C20H24FN3O4S. The number of sulfonamides is 1. The van der Waals surface area contributed by atoms with E-state index in [-0.39, 0.29) is 22.8 Å². The molecule has 0 aliphatic heterocycles. The molecule has 0 aliphatic rings. The van der Waals surface area contributed by atoms with Crippen LogP contribution in [0, 0.1) is 5.82 Å². The summed E-state index contributed by atoms with van der Waals surface area (Å²) in [5.41, 5.74) is 0.699. The van der Waals surface area contributed by atoms with Gasteiger partial charge in [-0.05, 0) is 49.7 Å². The van der Waals surface area contributed by atoms with Gasteiger partial charge in [0, 0.05) is 6.54 Å². The molecule has 0 unspecified atom stereocenters. The highest BCUT2D eigenvalue weighted by Gasteiger charge is 2.29. The third-order valence-electron chi connectivity index (χ3n) is 4.13. The van der Waals surface area contributed by atoms with Crippen LogP contribution in [0.15, 0.2) is 48.5 Å². The maximum atomic E-state index is 13.2. The summed E-state index contributed by atoms with van der Waals surface area (Å²) in [4.78, 5) is 25.1. The van der Waals surface area contributed by atoms with Gasteiger partial charge in [0.15, 0.2) is 0 Å². The minimum atomic E-state index is -3.84. The van der Waals surface area contributed by atoms with Gasteiger partial charge >= 0.3 is 0 Å². The van der Waals surface area contributed by atoms with E-state index in [9.17, 15) is 22.4 Å². The van der Waals surface area contributed by atoms with Gasteiger partial charge in [0.05, 0.1) is 23.2 Å². The van der Waals surface area contributed by atoms with Crippen molar-refractivity contribution >= 4 is 33.2 Å². The lowest BCUT2D eigenvalue weighted by molar-refractivity contribution is -0.116. The number of nitrogens with zero attached hydrogens (tertiary/aromatic N) is 1. The van der Waals surface area contributed by atoms with Crippen molar-refractivity contribution in [1.82, 2.24) is 5.32 Å². The van der Waals surface area contributed by atoms with E-state index in [0.717, 1.165) is 29.1 Å². The predicted molar refractivity (Wildman–Crippen MR) is 111 cm³/mol. The molecule has 2 rings (SSSR count). The van der Waals surface area contributed by atoms with Gasteiger partial charge in [-0.2, -0.15) is 0 Å². The van der Waals surface area contributed by atoms with E-state index in [2.05, 4.69) is 10.6 Å². The predicted octanol–water partition coefficient (Wildman–Crippen LogP) is 2.76. The molecule has 2 N–H and O–H groups in total. The zero-order chi connectivity index (χ0) is 21.6. The fourth-order valence-electron chi connectivity index (χ4n) is 2.76. The fraction of sp³-hybridized carbons (Fsp3) is 0.300. The summed E-state index contributed by atoms with van der Waals surface area (Å²) >= 11 is 0. The third kappa shape index (κ3) is 5.77. The minimum Gasteiger partial charge on any atom is -0.352 e. The van der Waals surface area contributed by atoms with Crippen molar-refractivity contribution in [2.45, 2.75) is 26.3 Å². The van der Waals surface area contributed by atoms with E-state index in [1.54, 1.807) is 24.3 Å². The van der Waals surface area contributed by atoms with E-state index in [4.69, 9.17) is 0 Å². The van der Waals surface area contributed by atoms with Crippen LogP contribution in [-0.2, 0) is 14.8 Å². The molecule has 2 amide bonds. The first kappa shape index (κ1) is 22.4. The van der Waals surface area contributed by atoms with Gasteiger partial charge in [0.2, 0.25) is 15.9 Å².